The molecule has 0 radical (unpaired) electrons. The molecule has 0 atom stereocenters. The van der Waals surface area contributed by atoms with E-state index in [1.807, 2.05) is 6.26 Å². The number of hydrogen-bond acceptors (Lipinski definition) is 3. The Morgan fingerprint density at radius 2 is 2.11 bits per heavy atom. The Bertz CT molecular complexity index is 435. The van der Waals surface area contributed by atoms with Gasteiger partial charge in [0.05, 0.1) is 11.1 Å². The van der Waals surface area contributed by atoms with Crippen molar-refractivity contribution in [2.45, 2.75) is 6.18 Å². The largest absolute Gasteiger partial charge is 0.478 e. The fourth-order valence-corrected chi connectivity index (χ4v) is 1.65. The lowest BCUT2D eigenvalue weighted by Crippen LogP contribution is -2.12. The number of thioether (sulfide) groups is 1. The van der Waals surface area contributed by atoms with E-state index in [0.717, 1.165) is 17.9 Å². The van der Waals surface area contributed by atoms with Crippen LogP contribution in [0.3, 0.4) is 0 Å². The van der Waals surface area contributed by atoms with Crippen molar-refractivity contribution in [2.75, 3.05) is 23.9 Å². The zero-order valence-corrected chi connectivity index (χ0v) is 10.4. The Morgan fingerprint density at radius 1 is 1.44 bits per heavy atom. The fourth-order valence-electron chi connectivity index (χ4n) is 1.34. The first-order valence-electron chi connectivity index (χ1n) is 5.03. The first kappa shape index (κ1) is 14.7. The van der Waals surface area contributed by atoms with E-state index in [9.17, 15) is 18.0 Å². The average Bonchev–Trinajstić information content (AvgIpc) is 2.28. The van der Waals surface area contributed by atoms with Gasteiger partial charge in [0.2, 0.25) is 0 Å². The van der Waals surface area contributed by atoms with Crippen molar-refractivity contribution in [3.8, 4) is 0 Å². The molecule has 0 aliphatic carbocycles. The van der Waals surface area contributed by atoms with Gasteiger partial charge in [-0.05, 0) is 24.5 Å². The number of carboxylic acids is 1. The van der Waals surface area contributed by atoms with Crippen LogP contribution in [0.25, 0.3) is 0 Å². The lowest BCUT2D eigenvalue weighted by atomic mass is 10.1. The zero-order valence-electron chi connectivity index (χ0n) is 9.54. The highest BCUT2D eigenvalue weighted by molar-refractivity contribution is 7.98. The summed E-state index contributed by atoms with van der Waals surface area (Å²) in [6.45, 7) is 0.493. The summed E-state index contributed by atoms with van der Waals surface area (Å²) in [6.07, 6.45) is -2.66. The number of anilines is 1. The maximum absolute atomic E-state index is 12.5. The van der Waals surface area contributed by atoms with E-state index in [1.54, 1.807) is 11.8 Å². The second-order valence-electron chi connectivity index (χ2n) is 3.48. The van der Waals surface area contributed by atoms with Crippen molar-refractivity contribution < 1.29 is 23.1 Å². The molecule has 0 saturated carbocycles. The van der Waals surface area contributed by atoms with Crippen LogP contribution in [-0.4, -0.2) is 29.6 Å². The number of benzene rings is 1. The molecule has 0 saturated heterocycles. The Hall–Kier alpha value is -1.37. The van der Waals surface area contributed by atoms with Crippen LogP contribution in [0, 0.1) is 0 Å². The van der Waals surface area contributed by atoms with Gasteiger partial charge in [0.15, 0.2) is 0 Å². The molecule has 0 bridgehead atoms. The molecule has 2 N–H and O–H groups in total. The molecular formula is C11H12F3NO2S. The molecule has 0 amide bonds. The summed E-state index contributed by atoms with van der Waals surface area (Å²) in [4.78, 5) is 10.9. The number of rotatable bonds is 5. The summed E-state index contributed by atoms with van der Waals surface area (Å²) < 4.78 is 37.4. The van der Waals surface area contributed by atoms with E-state index in [-0.39, 0.29) is 11.3 Å². The first-order valence-corrected chi connectivity index (χ1v) is 6.43. The smallest absolute Gasteiger partial charge is 0.416 e. The van der Waals surface area contributed by atoms with Crippen molar-refractivity contribution in [3.63, 3.8) is 0 Å². The van der Waals surface area contributed by atoms with Crippen LogP contribution >= 0.6 is 11.8 Å². The molecule has 0 fully saturated rings. The Labute approximate surface area is 106 Å². The predicted octanol–water partition coefficient (Wildman–Crippen LogP) is 3.18. The molecule has 1 aromatic carbocycles. The van der Waals surface area contributed by atoms with Crippen LogP contribution in [-0.2, 0) is 6.18 Å². The van der Waals surface area contributed by atoms with Crippen molar-refractivity contribution in [1.82, 2.24) is 0 Å². The van der Waals surface area contributed by atoms with Gasteiger partial charge in [-0.15, -0.1) is 0 Å². The minimum Gasteiger partial charge on any atom is -0.478 e. The van der Waals surface area contributed by atoms with Gasteiger partial charge in [0.1, 0.15) is 0 Å². The highest BCUT2D eigenvalue weighted by Gasteiger charge is 2.31. The third-order valence-corrected chi connectivity index (χ3v) is 2.81. The van der Waals surface area contributed by atoms with Crippen molar-refractivity contribution in [1.29, 1.82) is 0 Å². The average molecular weight is 279 g/mol. The topological polar surface area (TPSA) is 49.3 Å². The summed E-state index contributed by atoms with van der Waals surface area (Å²) in [5, 5.41) is 11.7. The van der Waals surface area contributed by atoms with Crippen molar-refractivity contribution in [2.24, 2.45) is 0 Å². The molecule has 1 aromatic rings. The molecule has 0 heterocycles. The number of nitrogens with one attached hydrogen (secondary N) is 1. The highest BCUT2D eigenvalue weighted by Crippen LogP contribution is 2.31. The summed E-state index contributed by atoms with van der Waals surface area (Å²) in [5.74, 6) is -0.646. The van der Waals surface area contributed by atoms with Gasteiger partial charge in [-0.2, -0.15) is 24.9 Å². The molecule has 0 aliphatic rings. The van der Waals surface area contributed by atoms with E-state index in [4.69, 9.17) is 5.11 Å². The Balaban J connectivity index is 3.01. The second-order valence-corrected chi connectivity index (χ2v) is 4.47. The van der Waals surface area contributed by atoms with Gasteiger partial charge in [0, 0.05) is 18.0 Å². The van der Waals surface area contributed by atoms with E-state index < -0.39 is 17.7 Å². The van der Waals surface area contributed by atoms with E-state index in [1.165, 1.54) is 0 Å². The maximum atomic E-state index is 12.5. The molecular weight excluding hydrogens is 267 g/mol. The standard InChI is InChI=1S/C11H12F3NO2S/c1-18-5-4-15-9-3-2-7(11(12,13)14)6-8(9)10(16)17/h2-3,6,15H,4-5H2,1H3,(H,16,17). The molecule has 1 rings (SSSR count). The van der Waals surface area contributed by atoms with E-state index >= 15 is 0 Å². The number of alkyl halides is 3. The van der Waals surface area contributed by atoms with Crippen LogP contribution < -0.4 is 5.32 Å². The lowest BCUT2D eigenvalue weighted by Gasteiger charge is -2.12. The number of carbonyl (C=O) groups is 1. The Morgan fingerprint density at radius 3 is 2.61 bits per heavy atom. The van der Waals surface area contributed by atoms with Gasteiger partial charge < -0.3 is 10.4 Å². The maximum Gasteiger partial charge on any atom is 0.416 e. The number of aromatic carboxylic acids is 1. The quantitative estimate of drug-likeness (QED) is 0.813. The van der Waals surface area contributed by atoms with Crippen LogP contribution in [0.4, 0.5) is 18.9 Å². The molecule has 100 valence electrons. The molecule has 0 aromatic heterocycles. The number of halogens is 3. The van der Waals surface area contributed by atoms with Crippen molar-refractivity contribution in [3.05, 3.63) is 29.3 Å². The summed E-state index contributed by atoms with van der Waals surface area (Å²) in [6, 6.07) is 2.66. The first-order chi connectivity index (χ1) is 8.36. The molecule has 0 aliphatic heterocycles. The van der Waals surface area contributed by atoms with E-state index in [2.05, 4.69) is 5.32 Å². The normalized spacial score (nSPS) is 11.3. The minimum atomic E-state index is -4.54. The summed E-state index contributed by atoms with van der Waals surface area (Å²) in [5.41, 5.74) is -1.13. The van der Waals surface area contributed by atoms with Gasteiger partial charge >= 0.3 is 12.1 Å². The lowest BCUT2D eigenvalue weighted by molar-refractivity contribution is -0.137. The Kier molecular flexibility index (Phi) is 4.89. The van der Waals surface area contributed by atoms with Gasteiger partial charge in [-0.3, -0.25) is 0 Å². The van der Waals surface area contributed by atoms with Crippen molar-refractivity contribution >= 4 is 23.4 Å². The SMILES string of the molecule is CSCCNc1ccc(C(F)(F)F)cc1C(=O)O. The van der Waals surface area contributed by atoms with E-state index in [0.29, 0.717) is 12.6 Å². The molecule has 18 heavy (non-hydrogen) atoms. The molecule has 0 unspecified atom stereocenters. The highest BCUT2D eigenvalue weighted by atomic mass is 32.2. The van der Waals surface area contributed by atoms with Gasteiger partial charge in [-0.1, -0.05) is 0 Å². The minimum absolute atomic E-state index is 0.199. The number of carboxylic acid groups (broad SMARTS) is 1. The summed E-state index contributed by atoms with van der Waals surface area (Å²) in [7, 11) is 0. The third kappa shape index (κ3) is 3.83. The van der Waals surface area contributed by atoms with Crippen LogP contribution in [0.1, 0.15) is 15.9 Å². The molecule has 7 heteroatoms. The van der Waals surface area contributed by atoms with Crippen LogP contribution in [0.5, 0.6) is 0 Å². The van der Waals surface area contributed by atoms with Gasteiger partial charge in [-0.25, -0.2) is 4.79 Å². The third-order valence-electron chi connectivity index (χ3n) is 2.20. The van der Waals surface area contributed by atoms with Crippen LogP contribution in [0.2, 0.25) is 0 Å². The second kappa shape index (κ2) is 5.99. The predicted molar refractivity (Wildman–Crippen MR) is 65.3 cm³/mol. The van der Waals surface area contributed by atoms with Gasteiger partial charge in [0.25, 0.3) is 0 Å². The van der Waals surface area contributed by atoms with Crippen LogP contribution in [0.15, 0.2) is 18.2 Å². The monoisotopic (exact) mass is 279 g/mol. The molecule has 3 nitrogen and oxygen atoms in total. The molecule has 0 spiro atoms. The zero-order chi connectivity index (χ0) is 13.8. The summed E-state index contributed by atoms with van der Waals surface area (Å²) >= 11 is 1.55. The number of hydrogen-bond donors (Lipinski definition) is 2. The fraction of sp³-hybridized carbons (Fsp3) is 0.364.